The number of thioether (sulfide) groups is 1. The topological polar surface area (TPSA) is 235 Å². The minimum Gasteiger partial charge on any atom is -1.00 e. The van der Waals surface area contributed by atoms with Gasteiger partial charge in [-0.25, -0.2) is 14.2 Å². The number of nitrogens with one attached hydrogen (secondary N) is 2. The molecule has 0 radical (unpaired) electrons. The van der Waals surface area contributed by atoms with Crippen LogP contribution in [-0.4, -0.2) is 95.8 Å². The second-order valence-electron chi connectivity index (χ2n) is 13.3. The van der Waals surface area contributed by atoms with Crippen LogP contribution >= 0.6 is 23.3 Å². The van der Waals surface area contributed by atoms with Crippen LogP contribution < -0.4 is 42.7 Å². The number of carbonyl (C=O) groups excluding carboxylic acids is 5. The van der Waals surface area contributed by atoms with E-state index in [1.165, 1.54) is 16.7 Å². The van der Waals surface area contributed by atoms with Gasteiger partial charge in [0.05, 0.1) is 13.7 Å². The smallest absolute Gasteiger partial charge is 0.414 e. The third-order valence-electron chi connectivity index (χ3n) is 8.12. The maximum Gasteiger partial charge on any atom is 0.414 e. The molecule has 4 aromatic rings. The van der Waals surface area contributed by atoms with E-state index >= 15 is 0 Å². The van der Waals surface area contributed by atoms with Crippen molar-refractivity contribution in [2.24, 2.45) is 10.9 Å². The lowest BCUT2D eigenvalue weighted by Crippen LogP contribution is -3.00. The number of nitrogens with two attached hydrogens (primary N) is 1. The Balaban J connectivity index is 0.00000620. The first-order chi connectivity index (χ1) is 26.8. The number of nitrogens with zero attached hydrogens (tertiary/aromatic N) is 7. The largest absolute Gasteiger partial charge is 1.00 e. The van der Waals surface area contributed by atoms with E-state index in [1.54, 1.807) is 92.9 Å². The van der Waals surface area contributed by atoms with E-state index in [2.05, 4.69) is 30.1 Å². The summed E-state index contributed by atoms with van der Waals surface area (Å²) in [4.78, 5) is 80.9. The number of oxime groups is 1. The van der Waals surface area contributed by atoms with Crippen molar-refractivity contribution < 1.29 is 64.6 Å². The van der Waals surface area contributed by atoms with Gasteiger partial charge in [0.15, 0.2) is 11.8 Å². The molecular formula is C35H39BrN10O9S2. The summed E-state index contributed by atoms with van der Waals surface area (Å²) in [6.07, 6.45) is 2.51. The summed E-state index contributed by atoms with van der Waals surface area (Å²) >= 11 is 2.12. The van der Waals surface area contributed by atoms with Crippen LogP contribution in [0.4, 0.5) is 9.93 Å². The summed E-state index contributed by atoms with van der Waals surface area (Å²) in [5.41, 5.74) is 6.85. The number of benzene rings is 1. The Morgan fingerprint density at radius 3 is 2.58 bits per heavy atom. The standard InChI is InChI=1S/C35H38N10O9S2.BrH/c1-6-53-41-24(27-39-33(56-42-27)40-34(50)54-35(2,3)4)29(47)38-25-30(48)45-26(32(49)52-16-19-9-11-21(51-5)12-10-19)20(17-55-31(25)45)14-44-18-43(15-23(36)46)22-8-7-13-37-28(22)44;/h7-13,18,25,31H,6,14-17H2,1-5H3,(H3-,36,38,39,40,42,46,47,50);1H/b41-24-;. The fraction of sp³-hybridized carbons (Fsp3) is 0.371. The van der Waals surface area contributed by atoms with Gasteiger partial charge in [-0.2, -0.15) is 9.36 Å². The molecule has 57 heavy (non-hydrogen) atoms. The van der Waals surface area contributed by atoms with Gasteiger partial charge in [0.1, 0.15) is 54.4 Å². The summed E-state index contributed by atoms with van der Waals surface area (Å²) in [7, 11) is 1.55. The predicted molar refractivity (Wildman–Crippen MR) is 202 cm³/mol. The molecule has 22 heteroatoms. The number of carbonyl (C=O) groups is 5. The molecular weight excluding hydrogens is 848 g/mol. The lowest BCUT2D eigenvalue weighted by atomic mass is 10.0. The molecule has 1 aromatic carbocycles. The molecule has 2 unspecified atom stereocenters. The molecule has 0 bridgehead atoms. The van der Waals surface area contributed by atoms with Gasteiger partial charge in [-0.05, 0) is 57.5 Å². The van der Waals surface area contributed by atoms with Crippen molar-refractivity contribution in [1.29, 1.82) is 0 Å². The number of β-lactam (4-membered cyclic amide) rings is 1. The van der Waals surface area contributed by atoms with Crippen LogP contribution in [0.25, 0.3) is 11.2 Å². The summed E-state index contributed by atoms with van der Waals surface area (Å²) in [6, 6.07) is 9.44. The van der Waals surface area contributed by atoms with Crippen molar-refractivity contribution in [1.82, 2.24) is 29.1 Å². The van der Waals surface area contributed by atoms with Gasteiger partial charge in [0, 0.05) is 22.9 Å². The third-order valence-corrected chi connectivity index (χ3v) is 10.1. The zero-order valence-corrected chi connectivity index (χ0v) is 34.6. The maximum absolute atomic E-state index is 14.0. The lowest BCUT2D eigenvalue weighted by Gasteiger charge is -2.49. The van der Waals surface area contributed by atoms with Crippen molar-refractivity contribution in [3.63, 3.8) is 0 Å². The summed E-state index contributed by atoms with van der Waals surface area (Å²) < 4.78 is 23.8. The van der Waals surface area contributed by atoms with E-state index in [0.29, 0.717) is 28.0 Å². The van der Waals surface area contributed by atoms with E-state index < -0.39 is 46.8 Å². The second-order valence-corrected chi connectivity index (χ2v) is 15.2. The molecule has 4 amide bonds. The SMILES string of the molecule is CCO/N=C(\C(=O)NC1C(=O)N2C(C(=O)OCc3ccc(OC)cc3)=C(C[n+]3cn(CC(N)=O)c4cccnc43)CSC12)c1nsc(NC(=O)OC(C)(C)C)n1.[Br-]. The quantitative estimate of drug-likeness (QED) is 0.0447. The second kappa shape index (κ2) is 18.1. The monoisotopic (exact) mass is 886 g/mol. The van der Waals surface area contributed by atoms with Gasteiger partial charge in [0.25, 0.3) is 17.7 Å². The number of ether oxygens (including phenoxy) is 3. The fourth-order valence-corrected chi connectivity index (χ4v) is 7.64. The zero-order chi connectivity index (χ0) is 40.1. The van der Waals surface area contributed by atoms with Crippen molar-refractivity contribution in [2.45, 2.75) is 64.4 Å². The van der Waals surface area contributed by atoms with Crippen molar-refractivity contribution in [3.8, 4) is 5.75 Å². The van der Waals surface area contributed by atoms with Crippen LogP contribution in [0.2, 0.25) is 0 Å². The number of imidazole rings is 1. The van der Waals surface area contributed by atoms with Crippen LogP contribution in [0, 0.1) is 0 Å². The van der Waals surface area contributed by atoms with Crippen LogP contribution in [0.1, 0.15) is 39.1 Å². The molecule has 0 saturated carbocycles. The predicted octanol–water partition coefficient (Wildman–Crippen LogP) is -1.14. The van der Waals surface area contributed by atoms with Gasteiger partial charge in [-0.3, -0.25) is 29.2 Å². The first-order valence-corrected chi connectivity index (χ1v) is 19.0. The number of hydrogen-bond acceptors (Lipinski definition) is 15. The molecule has 6 rings (SSSR count). The van der Waals surface area contributed by atoms with E-state index in [0.717, 1.165) is 11.5 Å². The maximum atomic E-state index is 14.0. The highest BCUT2D eigenvalue weighted by atomic mass is 79.9. The number of halogens is 1. The molecule has 2 atom stereocenters. The van der Waals surface area contributed by atoms with Gasteiger partial charge in [-0.15, -0.1) is 16.7 Å². The molecule has 3 aromatic heterocycles. The molecule has 1 saturated heterocycles. The highest BCUT2D eigenvalue weighted by Crippen LogP contribution is 2.41. The number of anilines is 1. The average molecular weight is 888 g/mol. The van der Waals surface area contributed by atoms with Crippen LogP contribution in [0.5, 0.6) is 5.75 Å². The van der Waals surface area contributed by atoms with Crippen LogP contribution in [-0.2, 0) is 53.2 Å². The summed E-state index contributed by atoms with van der Waals surface area (Å²) in [5.74, 6) is -1.94. The number of primary amides is 1. The molecule has 1 fully saturated rings. The minimum absolute atomic E-state index is 0. The molecule has 302 valence electrons. The van der Waals surface area contributed by atoms with E-state index in [1.807, 2.05) is 0 Å². The average Bonchev–Trinajstić information content (AvgIpc) is 3.75. The highest BCUT2D eigenvalue weighted by molar-refractivity contribution is 8.00. The summed E-state index contributed by atoms with van der Waals surface area (Å²) in [5, 5.41) is 8.41. The van der Waals surface area contributed by atoms with E-state index in [9.17, 15) is 24.0 Å². The first kappa shape index (κ1) is 42.5. The van der Waals surface area contributed by atoms with Gasteiger partial charge in [0.2, 0.25) is 16.7 Å². The number of amides is 4. The summed E-state index contributed by atoms with van der Waals surface area (Å²) in [6.45, 7) is 6.83. The molecule has 2 aliphatic rings. The van der Waals surface area contributed by atoms with Gasteiger partial charge >= 0.3 is 17.7 Å². The van der Waals surface area contributed by atoms with Crippen molar-refractivity contribution >= 4 is 75.1 Å². The van der Waals surface area contributed by atoms with Crippen LogP contribution in [0.15, 0.2) is 65.3 Å². The number of rotatable bonds is 14. The Hall–Kier alpha value is -5.61. The van der Waals surface area contributed by atoms with Crippen molar-refractivity contribution in [2.75, 3.05) is 24.8 Å². The molecule has 19 nitrogen and oxygen atoms in total. The Labute approximate surface area is 344 Å². The molecule has 2 aliphatic heterocycles. The molecule has 0 spiro atoms. The Morgan fingerprint density at radius 2 is 1.89 bits per heavy atom. The number of fused-ring (bicyclic) bond motifs is 2. The third kappa shape index (κ3) is 9.86. The normalized spacial score (nSPS) is 16.5. The number of pyridine rings is 1. The molecule has 4 N–H and O–H groups in total. The Kier molecular flexibility index (Phi) is 13.5. The molecule has 5 heterocycles. The molecule has 0 aliphatic carbocycles. The Bertz CT molecular complexity index is 2240. The Morgan fingerprint density at radius 1 is 1.14 bits per heavy atom. The van der Waals surface area contributed by atoms with E-state index in [4.69, 9.17) is 24.8 Å². The van der Waals surface area contributed by atoms with E-state index in [-0.39, 0.29) is 71.4 Å². The first-order valence-electron chi connectivity index (χ1n) is 17.2. The number of esters is 1. The minimum atomic E-state index is -1.07. The fourth-order valence-electron chi connectivity index (χ4n) is 5.75. The highest BCUT2D eigenvalue weighted by Gasteiger charge is 2.55. The van der Waals surface area contributed by atoms with Gasteiger partial charge in [-0.1, -0.05) is 17.3 Å². The number of hydrogen-bond donors (Lipinski definition) is 3. The van der Waals surface area contributed by atoms with Gasteiger partial charge < -0.3 is 47.1 Å². The zero-order valence-electron chi connectivity index (χ0n) is 31.4. The number of methoxy groups -OCH3 is 1. The van der Waals surface area contributed by atoms with Crippen molar-refractivity contribution in [3.05, 3.63) is 71.6 Å². The lowest BCUT2D eigenvalue weighted by molar-refractivity contribution is -0.665. The number of aromatic nitrogens is 5. The van der Waals surface area contributed by atoms with Crippen LogP contribution in [0.3, 0.4) is 0 Å².